The van der Waals surface area contributed by atoms with Gasteiger partial charge in [-0.3, -0.25) is 0 Å². The standard InChI is InChI=1S/C7H7NO2S/c9-7(10)5-3-6(11-8-5)4-1-2-4/h3-4H,1-2H2,(H,9,10). The molecule has 4 heteroatoms. The SMILES string of the molecule is O=C(O)c1cc(C2CC2)sn1. The average molecular weight is 169 g/mol. The number of nitrogens with zero attached hydrogens (tertiary/aromatic N) is 1. The van der Waals surface area contributed by atoms with Crippen LogP contribution < -0.4 is 0 Å². The van der Waals surface area contributed by atoms with Crippen molar-refractivity contribution in [2.45, 2.75) is 18.8 Å². The zero-order valence-corrected chi connectivity index (χ0v) is 6.60. The fraction of sp³-hybridized carbons (Fsp3) is 0.429. The Morgan fingerprint density at radius 2 is 2.45 bits per heavy atom. The van der Waals surface area contributed by atoms with E-state index in [1.165, 1.54) is 24.4 Å². The molecule has 0 saturated heterocycles. The van der Waals surface area contributed by atoms with E-state index in [0.717, 1.165) is 4.88 Å². The third kappa shape index (κ3) is 1.26. The quantitative estimate of drug-likeness (QED) is 0.733. The average Bonchev–Trinajstić information content (AvgIpc) is 2.68. The molecule has 58 valence electrons. The Kier molecular flexibility index (Phi) is 1.42. The van der Waals surface area contributed by atoms with Crippen molar-refractivity contribution in [3.05, 3.63) is 16.6 Å². The van der Waals surface area contributed by atoms with Gasteiger partial charge in [-0.15, -0.1) is 0 Å². The fourth-order valence-corrected chi connectivity index (χ4v) is 1.83. The molecule has 1 fully saturated rings. The topological polar surface area (TPSA) is 50.2 Å². The van der Waals surface area contributed by atoms with Gasteiger partial charge >= 0.3 is 5.97 Å². The zero-order chi connectivity index (χ0) is 7.84. The Bertz CT molecular complexity index is 290. The van der Waals surface area contributed by atoms with Crippen molar-refractivity contribution in [2.75, 3.05) is 0 Å². The number of carboxylic acids is 1. The Balaban J connectivity index is 2.25. The highest BCUT2D eigenvalue weighted by Gasteiger charge is 2.26. The van der Waals surface area contributed by atoms with E-state index in [4.69, 9.17) is 5.11 Å². The van der Waals surface area contributed by atoms with Crippen molar-refractivity contribution >= 4 is 17.5 Å². The first-order valence-corrected chi connectivity index (χ1v) is 4.24. The van der Waals surface area contributed by atoms with E-state index in [2.05, 4.69) is 4.37 Å². The van der Waals surface area contributed by atoms with Gasteiger partial charge in [0.15, 0.2) is 5.69 Å². The van der Waals surface area contributed by atoms with Gasteiger partial charge in [0.2, 0.25) is 0 Å². The maximum Gasteiger partial charge on any atom is 0.355 e. The third-order valence-corrected chi connectivity index (χ3v) is 2.68. The molecule has 0 bridgehead atoms. The molecule has 0 amide bonds. The normalized spacial score (nSPS) is 16.7. The van der Waals surface area contributed by atoms with Crippen LogP contribution in [-0.2, 0) is 0 Å². The van der Waals surface area contributed by atoms with Gasteiger partial charge in [0.25, 0.3) is 0 Å². The summed E-state index contributed by atoms with van der Waals surface area (Å²) in [4.78, 5) is 11.5. The van der Waals surface area contributed by atoms with Crippen molar-refractivity contribution in [1.82, 2.24) is 4.37 Å². The molecule has 0 spiro atoms. The van der Waals surface area contributed by atoms with E-state index in [1.54, 1.807) is 6.07 Å². The molecule has 3 nitrogen and oxygen atoms in total. The zero-order valence-electron chi connectivity index (χ0n) is 5.78. The summed E-state index contributed by atoms with van der Waals surface area (Å²) in [7, 11) is 0. The molecular formula is C7H7NO2S. The first-order chi connectivity index (χ1) is 5.27. The van der Waals surface area contributed by atoms with Crippen LogP contribution in [0.4, 0.5) is 0 Å². The van der Waals surface area contributed by atoms with Gasteiger partial charge in [-0.2, -0.15) is 4.37 Å². The second-order valence-electron chi connectivity index (χ2n) is 2.69. The highest BCUT2D eigenvalue weighted by Crippen LogP contribution is 2.42. The van der Waals surface area contributed by atoms with Crippen LogP contribution >= 0.6 is 11.5 Å². The molecule has 1 saturated carbocycles. The van der Waals surface area contributed by atoms with Crippen LogP contribution in [0.1, 0.15) is 34.1 Å². The summed E-state index contributed by atoms with van der Waals surface area (Å²) in [6.45, 7) is 0. The van der Waals surface area contributed by atoms with Gasteiger partial charge in [0.05, 0.1) is 0 Å². The third-order valence-electron chi connectivity index (χ3n) is 1.73. The summed E-state index contributed by atoms with van der Waals surface area (Å²) in [5.41, 5.74) is 0.192. The maximum absolute atomic E-state index is 10.4. The van der Waals surface area contributed by atoms with E-state index < -0.39 is 5.97 Å². The van der Waals surface area contributed by atoms with E-state index in [-0.39, 0.29) is 5.69 Å². The molecule has 11 heavy (non-hydrogen) atoms. The van der Waals surface area contributed by atoms with Crippen LogP contribution in [-0.4, -0.2) is 15.4 Å². The smallest absolute Gasteiger partial charge is 0.355 e. The van der Waals surface area contributed by atoms with E-state index >= 15 is 0 Å². The van der Waals surface area contributed by atoms with E-state index in [1.807, 2.05) is 0 Å². The lowest BCUT2D eigenvalue weighted by molar-refractivity contribution is 0.0692. The fourth-order valence-electron chi connectivity index (χ4n) is 0.950. The first kappa shape index (κ1) is 6.79. The number of aromatic carboxylic acids is 1. The molecule has 0 radical (unpaired) electrons. The van der Waals surface area contributed by atoms with Crippen molar-refractivity contribution in [1.29, 1.82) is 0 Å². The largest absolute Gasteiger partial charge is 0.476 e. The van der Waals surface area contributed by atoms with E-state index in [9.17, 15) is 4.79 Å². The van der Waals surface area contributed by atoms with Crippen LogP contribution in [0.2, 0.25) is 0 Å². The highest BCUT2D eigenvalue weighted by molar-refractivity contribution is 7.06. The van der Waals surface area contributed by atoms with Gasteiger partial charge < -0.3 is 5.11 Å². The van der Waals surface area contributed by atoms with Crippen molar-refractivity contribution in [3.8, 4) is 0 Å². The molecular weight excluding hydrogens is 162 g/mol. The van der Waals surface area contributed by atoms with Crippen molar-refractivity contribution in [2.24, 2.45) is 0 Å². The maximum atomic E-state index is 10.4. The number of hydrogen-bond acceptors (Lipinski definition) is 3. The van der Waals surface area contributed by atoms with E-state index in [0.29, 0.717) is 5.92 Å². The first-order valence-electron chi connectivity index (χ1n) is 3.47. The van der Waals surface area contributed by atoms with Crippen molar-refractivity contribution in [3.63, 3.8) is 0 Å². The Morgan fingerprint density at radius 3 is 2.91 bits per heavy atom. The summed E-state index contributed by atoms with van der Waals surface area (Å²) in [5, 5.41) is 8.54. The number of aromatic nitrogens is 1. The Hall–Kier alpha value is -0.900. The van der Waals surface area contributed by atoms with Crippen LogP contribution in [0.3, 0.4) is 0 Å². The summed E-state index contributed by atoms with van der Waals surface area (Å²) < 4.78 is 3.82. The molecule has 0 aromatic carbocycles. The van der Waals surface area contributed by atoms with Crippen LogP contribution in [0.15, 0.2) is 6.07 Å². The molecule has 0 atom stereocenters. The summed E-state index contributed by atoms with van der Waals surface area (Å²) in [5.74, 6) is -0.311. The highest BCUT2D eigenvalue weighted by atomic mass is 32.1. The Morgan fingerprint density at radius 1 is 1.73 bits per heavy atom. The molecule has 1 heterocycles. The van der Waals surface area contributed by atoms with Gasteiger partial charge in [0, 0.05) is 4.88 Å². The lowest BCUT2D eigenvalue weighted by Gasteiger charge is -1.82. The molecule has 2 rings (SSSR count). The molecule has 1 aromatic rings. The predicted octanol–water partition coefficient (Wildman–Crippen LogP) is 1.72. The lowest BCUT2D eigenvalue weighted by Crippen LogP contribution is -1.94. The number of carboxylic acid groups (broad SMARTS) is 1. The molecule has 0 unspecified atom stereocenters. The molecule has 1 aromatic heterocycles. The number of rotatable bonds is 2. The number of carbonyl (C=O) groups is 1. The van der Waals surface area contributed by atoms with Crippen molar-refractivity contribution < 1.29 is 9.90 Å². The van der Waals surface area contributed by atoms with Crippen LogP contribution in [0, 0.1) is 0 Å². The predicted molar refractivity (Wildman–Crippen MR) is 41.0 cm³/mol. The molecule has 1 N–H and O–H groups in total. The van der Waals surface area contributed by atoms with Gasteiger partial charge in [-0.1, -0.05) is 0 Å². The minimum absolute atomic E-state index is 0.192. The molecule has 1 aliphatic carbocycles. The summed E-state index contributed by atoms with van der Waals surface area (Å²) in [6.07, 6.45) is 2.39. The Labute approximate surface area is 67.8 Å². The second kappa shape index (κ2) is 2.30. The van der Waals surface area contributed by atoms with Crippen LogP contribution in [0.25, 0.3) is 0 Å². The second-order valence-corrected chi connectivity index (χ2v) is 3.53. The summed E-state index contributed by atoms with van der Waals surface area (Å²) >= 11 is 1.32. The lowest BCUT2D eigenvalue weighted by atomic mass is 10.3. The molecule has 0 aliphatic heterocycles. The number of hydrogen-bond donors (Lipinski definition) is 1. The summed E-state index contributed by atoms with van der Waals surface area (Å²) in [6, 6.07) is 1.69. The van der Waals surface area contributed by atoms with Gasteiger partial charge in [0.1, 0.15) is 0 Å². The minimum Gasteiger partial charge on any atom is -0.476 e. The van der Waals surface area contributed by atoms with Gasteiger partial charge in [-0.25, -0.2) is 4.79 Å². The minimum atomic E-state index is -0.923. The monoisotopic (exact) mass is 169 g/mol. The van der Waals surface area contributed by atoms with Crippen LogP contribution in [0.5, 0.6) is 0 Å². The van der Waals surface area contributed by atoms with Gasteiger partial charge in [-0.05, 0) is 36.4 Å². The molecule has 1 aliphatic rings.